The molecule has 0 aliphatic heterocycles. The molecular formula is C16H14BrF3N2O. The number of halogens is 4. The Bertz CT molecular complexity index is 793. The molecule has 0 N–H and O–H groups in total. The maximum atomic E-state index is 13.3. The summed E-state index contributed by atoms with van der Waals surface area (Å²) in [6, 6.07) is 6.85. The number of alkyl halides is 3. The molecule has 0 radical (unpaired) electrons. The monoisotopic (exact) mass is 386 g/mol. The lowest BCUT2D eigenvalue weighted by molar-refractivity contribution is -0.141. The van der Waals surface area contributed by atoms with E-state index in [4.69, 9.17) is 0 Å². The second kappa shape index (κ2) is 5.19. The van der Waals surface area contributed by atoms with Gasteiger partial charge in [0.2, 0.25) is 0 Å². The van der Waals surface area contributed by atoms with Gasteiger partial charge in [-0.1, -0.05) is 35.8 Å². The molecule has 1 aromatic heterocycles. The Morgan fingerprint density at radius 3 is 2.57 bits per heavy atom. The van der Waals surface area contributed by atoms with E-state index in [1.54, 1.807) is 24.3 Å². The van der Waals surface area contributed by atoms with E-state index in [9.17, 15) is 18.0 Å². The van der Waals surface area contributed by atoms with Gasteiger partial charge in [0.05, 0.1) is 16.9 Å². The highest BCUT2D eigenvalue weighted by molar-refractivity contribution is 9.10. The molecule has 3 rings (SSSR count). The van der Waals surface area contributed by atoms with Crippen LogP contribution in [0, 0.1) is 5.41 Å². The molecule has 122 valence electrons. The molecule has 1 heterocycles. The average molecular weight is 387 g/mol. The molecule has 0 spiro atoms. The highest BCUT2D eigenvalue weighted by Crippen LogP contribution is 2.41. The number of carbonyl (C=O) groups is 1. The van der Waals surface area contributed by atoms with Gasteiger partial charge in [0.15, 0.2) is 11.5 Å². The Labute approximate surface area is 139 Å². The number of benzene rings is 1. The number of rotatable bonds is 1. The van der Waals surface area contributed by atoms with Gasteiger partial charge in [0.25, 0.3) is 0 Å². The first-order valence-corrected chi connectivity index (χ1v) is 7.86. The van der Waals surface area contributed by atoms with Crippen molar-refractivity contribution < 1.29 is 18.0 Å². The average Bonchev–Trinajstić information content (AvgIpc) is 2.76. The quantitative estimate of drug-likeness (QED) is 0.704. The third-order valence-corrected chi connectivity index (χ3v) is 4.36. The van der Waals surface area contributed by atoms with Crippen LogP contribution in [0.25, 0.3) is 5.69 Å². The van der Waals surface area contributed by atoms with Crippen molar-refractivity contribution >= 4 is 21.7 Å². The smallest absolute Gasteiger partial charge is 0.294 e. The fourth-order valence-electron chi connectivity index (χ4n) is 2.97. The molecule has 1 aromatic carbocycles. The Kier molecular flexibility index (Phi) is 3.66. The van der Waals surface area contributed by atoms with Gasteiger partial charge in [-0.3, -0.25) is 4.79 Å². The largest absolute Gasteiger partial charge is 0.435 e. The van der Waals surface area contributed by atoms with Gasteiger partial charge in [-0.2, -0.15) is 18.3 Å². The van der Waals surface area contributed by atoms with Crippen molar-refractivity contribution in [3.05, 3.63) is 45.7 Å². The molecule has 0 saturated heterocycles. The van der Waals surface area contributed by atoms with Gasteiger partial charge in [-0.25, -0.2) is 4.68 Å². The summed E-state index contributed by atoms with van der Waals surface area (Å²) in [5, 5.41) is 3.74. The molecule has 0 saturated carbocycles. The Morgan fingerprint density at radius 1 is 1.26 bits per heavy atom. The molecule has 23 heavy (non-hydrogen) atoms. The molecule has 1 aliphatic carbocycles. The van der Waals surface area contributed by atoms with Crippen molar-refractivity contribution in [1.82, 2.24) is 9.78 Å². The lowest BCUT2D eigenvalue weighted by Crippen LogP contribution is -2.29. The van der Waals surface area contributed by atoms with E-state index in [1.165, 1.54) is 4.68 Å². The summed E-state index contributed by atoms with van der Waals surface area (Å²) in [5.41, 5.74) is -0.936. The first-order chi connectivity index (χ1) is 10.6. The van der Waals surface area contributed by atoms with Crippen LogP contribution in [0.15, 0.2) is 28.7 Å². The van der Waals surface area contributed by atoms with Crippen LogP contribution in [-0.4, -0.2) is 15.6 Å². The number of Topliss-reactive ketones (excluding diaryl/α,β-unsaturated/α-hetero) is 1. The van der Waals surface area contributed by atoms with Crippen LogP contribution >= 0.6 is 15.9 Å². The first kappa shape index (κ1) is 16.2. The number of hydrogen-bond donors (Lipinski definition) is 0. The molecular weight excluding hydrogens is 373 g/mol. The lowest BCUT2D eigenvalue weighted by Gasteiger charge is -2.29. The maximum Gasteiger partial charge on any atom is 0.435 e. The molecule has 2 aromatic rings. The molecule has 7 heteroatoms. The zero-order chi connectivity index (χ0) is 17.0. The number of hydrogen-bond acceptors (Lipinski definition) is 2. The standard InChI is InChI=1S/C16H14BrF3N2O/c1-15(2)7-11-13(12(23)8-15)14(16(18,19)20)21-22(11)10-5-3-4-9(17)6-10/h3-6H,7-8H2,1-2H3. The fourth-order valence-corrected chi connectivity index (χ4v) is 3.36. The van der Waals surface area contributed by atoms with E-state index in [-0.39, 0.29) is 12.0 Å². The normalized spacial score (nSPS) is 17.2. The topological polar surface area (TPSA) is 34.9 Å². The van der Waals surface area contributed by atoms with Crippen LogP contribution in [0.4, 0.5) is 13.2 Å². The Hall–Kier alpha value is -1.63. The predicted octanol–water partition coefficient (Wildman–Crippen LogP) is 4.81. The van der Waals surface area contributed by atoms with Crippen molar-refractivity contribution in [3.63, 3.8) is 0 Å². The van der Waals surface area contributed by atoms with Crippen molar-refractivity contribution in [2.75, 3.05) is 0 Å². The summed E-state index contributed by atoms with van der Waals surface area (Å²) >= 11 is 3.31. The predicted molar refractivity (Wildman–Crippen MR) is 82.7 cm³/mol. The third kappa shape index (κ3) is 2.94. The van der Waals surface area contributed by atoms with Crippen LogP contribution in [0.2, 0.25) is 0 Å². The van der Waals surface area contributed by atoms with Crippen LogP contribution in [0.3, 0.4) is 0 Å². The summed E-state index contributed by atoms with van der Waals surface area (Å²) in [4.78, 5) is 12.3. The van der Waals surface area contributed by atoms with Crippen molar-refractivity contribution in [1.29, 1.82) is 0 Å². The van der Waals surface area contributed by atoms with Crippen molar-refractivity contribution in [2.24, 2.45) is 5.41 Å². The molecule has 0 amide bonds. The van der Waals surface area contributed by atoms with Crippen LogP contribution in [0.1, 0.15) is 42.0 Å². The van der Waals surface area contributed by atoms with Gasteiger partial charge < -0.3 is 0 Å². The van der Waals surface area contributed by atoms with Gasteiger partial charge in [0, 0.05) is 10.9 Å². The molecule has 0 unspecified atom stereocenters. The number of fused-ring (bicyclic) bond motifs is 1. The van der Waals surface area contributed by atoms with E-state index in [2.05, 4.69) is 21.0 Å². The molecule has 3 nitrogen and oxygen atoms in total. The summed E-state index contributed by atoms with van der Waals surface area (Å²) < 4.78 is 41.9. The minimum atomic E-state index is -4.65. The lowest BCUT2D eigenvalue weighted by atomic mass is 9.75. The Balaban J connectivity index is 2.28. The van der Waals surface area contributed by atoms with Crippen molar-refractivity contribution in [3.8, 4) is 5.69 Å². The highest BCUT2D eigenvalue weighted by Gasteiger charge is 2.45. The van der Waals surface area contributed by atoms with Crippen LogP contribution < -0.4 is 0 Å². The zero-order valence-electron chi connectivity index (χ0n) is 12.5. The SMILES string of the molecule is CC1(C)CC(=O)c2c(C(F)(F)F)nn(-c3cccc(Br)c3)c2C1. The van der Waals surface area contributed by atoms with E-state index in [1.807, 2.05) is 13.8 Å². The van der Waals surface area contributed by atoms with E-state index in [0.717, 1.165) is 4.47 Å². The minimum absolute atomic E-state index is 0.0905. The molecule has 0 bridgehead atoms. The third-order valence-electron chi connectivity index (χ3n) is 3.87. The van der Waals surface area contributed by atoms with Gasteiger partial charge in [0.1, 0.15) is 0 Å². The fraction of sp³-hybridized carbons (Fsp3) is 0.375. The number of ketones is 1. The van der Waals surface area contributed by atoms with Gasteiger partial charge in [-0.05, 0) is 30.0 Å². The second-order valence-electron chi connectivity index (χ2n) is 6.50. The van der Waals surface area contributed by atoms with Crippen molar-refractivity contribution in [2.45, 2.75) is 32.9 Å². The number of aromatic nitrogens is 2. The maximum absolute atomic E-state index is 13.3. The van der Waals surface area contributed by atoms with Gasteiger partial charge in [-0.15, -0.1) is 0 Å². The van der Waals surface area contributed by atoms with E-state index < -0.39 is 23.1 Å². The number of nitrogens with zero attached hydrogens (tertiary/aromatic N) is 2. The van der Waals surface area contributed by atoms with Gasteiger partial charge >= 0.3 is 6.18 Å². The van der Waals surface area contributed by atoms with Crippen LogP contribution in [-0.2, 0) is 12.6 Å². The minimum Gasteiger partial charge on any atom is -0.294 e. The van der Waals surface area contributed by atoms with E-state index in [0.29, 0.717) is 17.8 Å². The molecule has 0 atom stereocenters. The molecule has 0 fully saturated rings. The highest BCUT2D eigenvalue weighted by atomic mass is 79.9. The summed E-state index contributed by atoms with van der Waals surface area (Å²) in [6.07, 6.45) is -4.20. The first-order valence-electron chi connectivity index (χ1n) is 7.07. The zero-order valence-corrected chi connectivity index (χ0v) is 14.1. The van der Waals surface area contributed by atoms with E-state index >= 15 is 0 Å². The summed E-state index contributed by atoms with van der Waals surface area (Å²) in [7, 11) is 0. The summed E-state index contributed by atoms with van der Waals surface area (Å²) in [5.74, 6) is -0.496. The summed E-state index contributed by atoms with van der Waals surface area (Å²) in [6.45, 7) is 3.75. The molecule has 1 aliphatic rings. The van der Waals surface area contributed by atoms with Crippen LogP contribution in [0.5, 0.6) is 0 Å². The number of carbonyl (C=O) groups excluding carboxylic acids is 1. The second-order valence-corrected chi connectivity index (χ2v) is 7.42. The Morgan fingerprint density at radius 2 is 1.96 bits per heavy atom.